The van der Waals surface area contributed by atoms with E-state index in [1.165, 1.54) is 10.5 Å². The number of nitrogens with one attached hydrogen (secondary N) is 1. The molecule has 4 heteroatoms. The average molecular weight is 301 g/mol. The predicted octanol–water partition coefficient (Wildman–Crippen LogP) is 4.46. The maximum absolute atomic E-state index is 4.67. The number of hydrogen-bond acceptors (Lipinski definition) is 4. The molecule has 1 N–H and O–H groups in total. The van der Waals surface area contributed by atoms with Crippen molar-refractivity contribution in [2.24, 2.45) is 0 Å². The van der Waals surface area contributed by atoms with Gasteiger partial charge in [0.1, 0.15) is 11.6 Å². The third kappa shape index (κ3) is 5.05. The van der Waals surface area contributed by atoms with Crippen LogP contribution in [0.3, 0.4) is 0 Å². The van der Waals surface area contributed by atoms with Crippen LogP contribution in [0.15, 0.2) is 35.2 Å². The zero-order valence-electron chi connectivity index (χ0n) is 13.0. The summed E-state index contributed by atoms with van der Waals surface area (Å²) in [6, 6.07) is 10.6. The standard InChI is InChI=1S/C17H23N3S/c1-4-6-14-11-16(18-5-2)20-17(19-14)12-21-15-9-7-13(3)8-10-15/h7-11H,4-6,12H2,1-3H3,(H,18,19,20). The van der Waals surface area contributed by atoms with E-state index in [9.17, 15) is 0 Å². The second-order valence-corrected chi connectivity index (χ2v) is 6.09. The first kappa shape index (κ1) is 15.8. The fourth-order valence-electron chi connectivity index (χ4n) is 2.05. The van der Waals surface area contributed by atoms with Crippen LogP contribution in [-0.4, -0.2) is 16.5 Å². The molecule has 3 nitrogen and oxygen atoms in total. The Kier molecular flexibility index (Phi) is 6.05. The molecule has 0 aliphatic rings. The van der Waals surface area contributed by atoms with Crippen LogP contribution < -0.4 is 5.32 Å². The van der Waals surface area contributed by atoms with Gasteiger partial charge in [0.25, 0.3) is 0 Å². The molecule has 2 rings (SSSR count). The van der Waals surface area contributed by atoms with Gasteiger partial charge in [-0.2, -0.15) is 0 Å². The number of aromatic nitrogens is 2. The van der Waals surface area contributed by atoms with E-state index in [0.717, 1.165) is 42.5 Å². The molecule has 0 saturated carbocycles. The van der Waals surface area contributed by atoms with Gasteiger partial charge in [-0.25, -0.2) is 9.97 Å². The van der Waals surface area contributed by atoms with Crippen molar-refractivity contribution in [2.75, 3.05) is 11.9 Å². The molecule has 112 valence electrons. The molecule has 0 unspecified atom stereocenters. The minimum Gasteiger partial charge on any atom is -0.370 e. The summed E-state index contributed by atoms with van der Waals surface area (Å²) in [5.74, 6) is 2.65. The summed E-state index contributed by atoms with van der Waals surface area (Å²) >= 11 is 1.78. The van der Waals surface area contributed by atoms with Crippen LogP contribution in [0.4, 0.5) is 5.82 Å². The van der Waals surface area contributed by atoms with Crippen LogP contribution in [0.2, 0.25) is 0 Å². The average Bonchev–Trinajstić information content (AvgIpc) is 2.47. The molecule has 0 bridgehead atoms. The minimum absolute atomic E-state index is 0.805. The van der Waals surface area contributed by atoms with Crippen molar-refractivity contribution in [1.82, 2.24) is 9.97 Å². The first-order chi connectivity index (χ1) is 10.2. The molecule has 2 aromatic rings. The van der Waals surface area contributed by atoms with E-state index in [0.29, 0.717) is 0 Å². The lowest BCUT2D eigenvalue weighted by atomic mass is 10.2. The van der Waals surface area contributed by atoms with Crippen LogP contribution in [0.5, 0.6) is 0 Å². The second kappa shape index (κ2) is 8.03. The van der Waals surface area contributed by atoms with E-state index in [2.05, 4.69) is 66.4 Å². The van der Waals surface area contributed by atoms with Gasteiger partial charge < -0.3 is 5.32 Å². The fraction of sp³-hybridized carbons (Fsp3) is 0.412. The lowest BCUT2D eigenvalue weighted by Gasteiger charge is -2.08. The zero-order valence-corrected chi connectivity index (χ0v) is 13.8. The number of aryl methyl sites for hydroxylation is 2. The maximum atomic E-state index is 4.67. The van der Waals surface area contributed by atoms with Crippen molar-refractivity contribution in [1.29, 1.82) is 0 Å². The van der Waals surface area contributed by atoms with E-state index in [4.69, 9.17) is 0 Å². The lowest BCUT2D eigenvalue weighted by molar-refractivity contribution is 0.853. The second-order valence-electron chi connectivity index (χ2n) is 5.04. The fourth-order valence-corrected chi connectivity index (χ4v) is 2.81. The van der Waals surface area contributed by atoms with Crippen LogP contribution >= 0.6 is 11.8 Å². The molecule has 0 aliphatic carbocycles. The molecule has 0 fully saturated rings. The highest BCUT2D eigenvalue weighted by Crippen LogP contribution is 2.22. The van der Waals surface area contributed by atoms with Gasteiger partial charge in [-0.05, 0) is 32.4 Å². The van der Waals surface area contributed by atoms with Gasteiger partial charge >= 0.3 is 0 Å². The number of thioether (sulfide) groups is 1. The molecule has 0 amide bonds. The van der Waals surface area contributed by atoms with Crippen LogP contribution in [0, 0.1) is 6.92 Å². The summed E-state index contributed by atoms with van der Waals surface area (Å²) in [7, 11) is 0. The minimum atomic E-state index is 0.805. The summed E-state index contributed by atoms with van der Waals surface area (Å²) in [4.78, 5) is 10.5. The van der Waals surface area contributed by atoms with Crippen LogP contribution in [0.1, 0.15) is 37.4 Å². The number of rotatable bonds is 7. The molecule has 0 radical (unpaired) electrons. The highest BCUT2D eigenvalue weighted by Gasteiger charge is 2.05. The molecule has 0 atom stereocenters. The molecule has 0 spiro atoms. The SMILES string of the molecule is CCCc1cc(NCC)nc(CSc2ccc(C)cc2)n1. The van der Waals surface area contributed by atoms with Gasteiger partial charge in [0, 0.05) is 23.2 Å². The van der Waals surface area contributed by atoms with Crippen molar-refractivity contribution in [2.45, 2.75) is 44.3 Å². The van der Waals surface area contributed by atoms with Gasteiger partial charge in [-0.15, -0.1) is 11.8 Å². The largest absolute Gasteiger partial charge is 0.370 e. The molecule has 21 heavy (non-hydrogen) atoms. The zero-order chi connectivity index (χ0) is 15.1. The number of benzene rings is 1. The van der Waals surface area contributed by atoms with Gasteiger partial charge in [0.15, 0.2) is 0 Å². The first-order valence-corrected chi connectivity index (χ1v) is 8.50. The summed E-state index contributed by atoms with van der Waals surface area (Å²) in [5, 5.41) is 3.29. The summed E-state index contributed by atoms with van der Waals surface area (Å²) < 4.78 is 0. The normalized spacial score (nSPS) is 10.6. The Hall–Kier alpha value is -1.55. The van der Waals surface area contributed by atoms with Crippen molar-refractivity contribution in [3.63, 3.8) is 0 Å². The molecule has 0 aliphatic heterocycles. The van der Waals surface area contributed by atoms with E-state index < -0.39 is 0 Å². The van der Waals surface area contributed by atoms with Gasteiger partial charge in [-0.3, -0.25) is 0 Å². The Balaban J connectivity index is 2.08. The maximum Gasteiger partial charge on any atom is 0.141 e. The quantitative estimate of drug-likeness (QED) is 0.766. The summed E-state index contributed by atoms with van der Waals surface area (Å²) in [6.07, 6.45) is 2.11. The Bertz CT molecular complexity index is 542. The van der Waals surface area contributed by atoms with Crippen molar-refractivity contribution >= 4 is 17.6 Å². The van der Waals surface area contributed by atoms with E-state index >= 15 is 0 Å². The third-order valence-corrected chi connectivity index (χ3v) is 4.09. The Labute approximate surface area is 131 Å². The molecule has 1 aromatic carbocycles. The summed E-state index contributed by atoms with van der Waals surface area (Å²) in [6.45, 7) is 7.25. The number of anilines is 1. The van der Waals surface area contributed by atoms with E-state index in [-0.39, 0.29) is 0 Å². The first-order valence-electron chi connectivity index (χ1n) is 7.51. The molecule has 1 heterocycles. The monoisotopic (exact) mass is 301 g/mol. The molecule has 1 aromatic heterocycles. The smallest absolute Gasteiger partial charge is 0.141 e. The van der Waals surface area contributed by atoms with Crippen molar-refractivity contribution in [3.05, 3.63) is 47.4 Å². The lowest BCUT2D eigenvalue weighted by Crippen LogP contribution is -2.05. The summed E-state index contributed by atoms with van der Waals surface area (Å²) in [5.41, 5.74) is 2.41. The van der Waals surface area contributed by atoms with Gasteiger partial charge in [0.05, 0.1) is 5.75 Å². The van der Waals surface area contributed by atoms with Crippen LogP contribution in [0.25, 0.3) is 0 Å². The van der Waals surface area contributed by atoms with E-state index in [1.807, 2.05) is 0 Å². The van der Waals surface area contributed by atoms with Gasteiger partial charge in [0.2, 0.25) is 0 Å². The highest BCUT2D eigenvalue weighted by molar-refractivity contribution is 7.98. The topological polar surface area (TPSA) is 37.8 Å². The predicted molar refractivity (Wildman–Crippen MR) is 90.9 cm³/mol. The van der Waals surface area contributed by atoms with E-state index in [1.54, 1.807) is 11.8 Å². The Morgan fingerprint density at radius 2 is 1.86 bits per heavy atom. The van der Waals surface area contributed by atoms with Crippen molar-refractivity contribution < 1.29 is 0 Å². The highest BCUT2D eigenvalue weighted by atomic mass is 32.2. The molecular formula is C17H23N3S. The Morgan fingerprint density at radius 3 is 2.52 bits per heavy atom. The number of nitrogens with zero attached hydrogens (tertiary/aromatic N) is 2. The molecule has 0 saturated heterocycles. The molecular weight excluding hydrogens is 278 g/mol. The third-order valence-electron chi connectivity index (χ3n) is 3.08. The van der Waals surface area contributed by atoms with Crippen LogP contribution in [-0.2, 0) is 12.2 Å². The number of hydrogen-bond donors (Lipinski definition) is 1. The Morgan fingerprint density at radius 1 is 1.10 bits per heavy atom. The van der Waals surface area contributed by atoms with Crippen molar-refractivity contribution in [3.8, 4) is 0 Å². The van der Waals surface area contributed by atoms with Gasteiger partial charge in [-0.1, -0.05) is 31.0 Å².